The monoisotopic (exact) mass is 421 g/mol. The van der Waals surface area contributed by atoms with E-state index in [1.54, 1.807) is 12.1 Å². The number of rotatable bonds is 2. The van der Waals surface area contributed by atoms with E-state index in [-0.39, 0.29) is 19.8 Å². The van der Waals surface area contributed by atoms with Crippen LogP contribution >= 0.6 is 0 Å². The van der Waals surface area contributed by atoms with Crippen molar-refractivity contribution in [2.75, 3.05) is 27.6 Å². The van der Waals surface area contributed by atoms with Crippen LogP contribution in [0.3, 0.4) is 0 Å². The molecule has 6 nitrogen and oxygen atoms in total. The van der Waals surface area contributed by atoms with Crippen molar-refractivity contribution in [3.05, 3.63) is 34.9 Å². The molecule has 0 aromatic heterocycles. The molecular formula is C21H18F3NO5. The van der Waals surface area contributed by atoms with Gasteiger partial charge in [-0.05, 0) is 53.3 Å². The second-order valence-corrected chi connectivity index (χ2v) is 7.39. The molecule has 1 amide bonds. The molecule has 158 valence electrons. The van der Waals surface area contributed by atoms with Crippen LogP contribution in [-0.2, 0) is 17.6 Å². The predicted octanol–water partition coefficient (Wildman–Crippen LogP) is 3.64. The molecule has 0 bridgehead atoms. The van der Waals surface area contributed by atoms with Crippen LogP contribution in [0.2, 0.25) is 0 Å². The third kappa shape index (κ3) is 2.60. The van der Waals surface area contributed by atoms with Gasteiger partial charge >= 0.3 is 12.1 Å². The van der Waals surface area contributed by atoms with E-state index in [1.165, 1.54) is 14.2 Å². The second kappa shape index (κ2) is 6.45. The number of alkyl halides is 3. The van der Waals surface area contributed by atoms with Crippen LogP contribution in [0.1, 0.15) is 22.7 Å². The van der Waals surface area contributed by atoms with Crippen molar-refractivity contribution >= 4 is 5.91 Å². The van der Waals surface area contributed by atoms with Gasteiger partial charge in [0.25, 0.3) is 0 Å². The second-order valence-electron chi connectivity index (χ2n) is 7.39. The Hall–Kier alpha value is -3.10. The van der Waals surface area contributed by atoms with Crippen LogP contribution in [0.4, 0.5) is 13.2 Å². The van der Waals surface area contributed by atoms with E-state index in [0.717, 1.165) is 21.6 Å². The Balaban J connectivity index is 1.77. The summed E-state index contributed by atoms with van der Waals surface area (Å²) in [6.07, 6.45) is -4.41. The van der Waals surface area contributed by atoms with Crippen molar-refractivity contribution in [3.8, 4) is 34.1 Å². The minimum Gasteiger partial charge on any atom is -0.493 e. The van der Waals surface area contributed by atoms with Gasteiger partial charge in [-0.25, -0.2) is 0 Å². The standard InChI is InChI=1S/C21H18F3NO5/c1-27-16-6-10-3-4-25(20(26)21(22,23)24)13-5-11-7-14-15(30-9-29-14)8-12(11)18(17(10)13)19(16)28-2/h6-8,13H,3-5,9H2,1-2H3/t13-/m0/s1. The van der Waals surface area contributed by atoms with Crippen molar-refractivity contribution in [3.63, 3.8) is 0 Å². The van der Waals surface area contributed by atoms with Crippen LogP contribution in [0, 0.1) is 0 Å². The number of ether oxygens (including phenoxy) is 4. The highest BCUT2D eigenvalue weighted by atomic mass is 19.4. The third-order valence-corrected chi connectivity index (χ3v) is 5.91. The maximum atomic E-state index is 13.3. The fourth-order valence-electron chi connectivity index (χ4n) is 4.68. The highest BCUT2D eigenvalue weighted by Gasteiger charge is 2.48. The molecule has 1 aliphatic carbocycles. The molecular weight excluding hydrogens is 403 g/mol. The first-order valence-electron chi connectivity index (χ1n) is 9.42. The summed E-state index contributed by atoms with van der Waals surface area (Å²) in [6.45, 7) is 0.0541. The lowest BCUT2D eigenvalue weighted by atomic mass is 9.76. The lowest BCUT2D eigenvalue weighted by molar-refractivity contribution is -0.188. The summed E-state index contributed by atoms with van der Waals surface area (Å²) in [5, 5.41) is 0. The maximum Gasteiger partial charge on any atom is 0.471 e. The average Bonchev–Trinajstić information content (AvgIpc) is 3.18. The van der Waals surface area contributed by atoms with Crippen LogP contribution in [-0.4, -0.2) is 44.5 Å². The van der Waals surface area contributed by atoms with Crippen molar-refractivity contribution in [2.24, 2.45) is 0 Å². The van der Waals surface area contributed by atoms with Crippen molar-refractivity contribution in [2.45, 2.75) is 25.1 Å². The Kier molecular flexibility index (Phi) is 4.06. The Morgan fingerprint density at radius 2 is 1.83 bits per heavy atom. The molecule has 2 heterocycles. The summed E-state index contributed by atoms with van der Waals surface area (Å²) in [7, 11) is 3.00. The quantitative estimate of drug-likeness (QED) is 0.741. The summed E-state index contributed by atoms with van der Waals surface area (Å²) in [5.41, 5.74) is 3.70. The van der Waals surface area contributed by atoms with Gasteiger partial charge in [-0.2, -0.15) is 13.2 Å². The zero-order chi connectivity index (χ0) is 21.2. The summed E-state index contributed by atoms with van der Waals surface area (Å²) in [4.78, 5) is 13.1. The molecule has 0 radical (unpaired) electrons. The summed E-state index contributed by atoms with van der Waals surface area (Å²) in [5.74, 6) is 0.171. The topological polar surface area (TPSA) is 57.2 Å². The van der Waals surface area contributed by atoms with Crippen LogP contribution < -0.4 is 18.9 Å². The Labute approximate surface area is 170 Å². The molecule has 0 unspecified atom stereocenters. The van der Waals surface area contributed by atoms with Gasteiger partial charge in [-0.3, -0.25) is 4.79 Å². The van der Waals surface area contributed by atoms with Gasteiger partial charge in [0.1, 0.15) is 0 Å². The highest BCUT2D eigenvalue weighted by molar-refractivity contribution is 5.88. The third-order valence-electron chi connectivity index (χ3n) is 5.91. The number of hydrogen-bond donors (Lipinski definition) is 0. The molecule has 0 saturated carbocycles. The lowest BCUT2D eigenvalue weighted by Gasteiger charge is -2.42. The summed E-state index contributed by atoms with van der Waals surface area (Å²) < 4.78 is 62.0. The number of methoxy groups -OCH3 is 2. The summed E-state index contributed by atoms with van der Waals surface area (Å²) >= 11 is 0. The Morgan fingerprint density at radius 3 is 2.50 bits per heavy atom. The number of carbonyl (C=O) groups excluding carboxylic acids is 1. The van der Waals surface area contributed by atoms with Crippen molar-refractivity contribution in [1.29, 1.82) is 0 Å². The predicted molar refractivity (Wildman–Crippen MR) is 99.0 cm³/mol. The molecule has 3 aliphatic rings. The highest BCUT2D eigenvalue weighted by Crippen LogP contribution is 2.54. The fourth-order valence-corrected chi connectivity index (χ4v) is 4.68. The van der Waals surface area contributed by atoms with Gasteiger partial charge in [0.05, 0.1) is 20.3 Å². The van der Waals surface area contributed by atoms with Crippen LogP contribution in [0.5, 0.6) is 23.0 Å². The molecule has 0 saturated heterocycles. The van der Waals surface area contributed by atoms with E-state index in [9.17, 15) is 18.0 Å². The van der Waals surface area contributed by atoms with Gasteiger partial charge in [-0.1, -0.05) is 0 Å². The van der Waals surface area contributed by atoms with E-state index >= 15 is 0 Å². The van der Waals surface area contributed by atoms with Crippen LogP contribution in [0.25, 0.3) is 11.1 Å². The molecule has 2 aromatic rings. The van der Waals surface area contributed by atoms with E-state index in [2.05, 4.69) is 0 Å². The zero-order valence-corrected chi connectivity index (χ0v) is 16.3. The number of benzene rings is 2. The average molecular weight is 421 g/mol. The molecule has 2 aromatic carbocycles. The fraction of sp³-hybridized carbons (Fsp3) is 0.381. The Bertz CT molecular complexity index is 1070. The van der Waals surface area contributed by atoms with E-state index in [1.807, 2.05) is 6.07 Å². The summed E-state index contributed by atoms with van der Waals surface area (Å²) in [6, 6.07) is 4.61. The number of halogens is 3. The van der Waals surface area contributed by atoms with Gasteiger partial charge in [0, 0.05) is 12.1 Å². The first kappa shape index (κ1) is 18.9. The minimum absolute atomic E-state index is 0.0230. The van der Waals surface area contributed by atoms with E-state index < -0.39 is 18.1 Å². The first-order valence-corrected chi connectivity index (χ1v) is 9.42. The minimum atomic E-state index is -4.94. The number of nitrogens with zero attached hydrogens (tertiary/aromatic N) is 1. The lowest BCUT2D eigenvalue weighted by Crippen LogP contribution is -2.48. The molecule has 0 N–H and O–H groups in total. The van der Waals surface area contributed by atoms with Gasteiger partial charge in [0.2, 0.25) is 6.79 Å². The molecule has 1 atom stereocenters. The van der Waals surface area contributed by atoms with Crippen molar-refractivity contribution in [1.82, 2.24) is 4.90 Å². The molecule has 9 heteroatoms. The van der Waals surface area contributed by atoms with Gasteiger partial charge in [0.15, 0.2) is 23.0 Å². The van der Waals surface area contributed by atoms with Gasteiger partial charge < -0.3 is 23.8 Å². The molecule has 5 rings (SSSR count). The zero-order valence-electron chi connectivity index (χ0n) is 16.3. The molecule has 30 heavy (non-hydrogen) atoms. The number of amides is 1. The van der Waals surface area contributed by atoms with Crippen molar-refractivity contribution < 1.29 is 36.9 Å². The molecule has 0 spiro atoms. The maximum absolute atomic E-state index is 13.3. The first-order chi connectivity index (χ1) is 14.3. The van der Waals surface area contributed by atoms with Gasteiger partial charge in [-0.15, -0.1) is 0 Å². The van der Waals surface area contributed by atoms with E-state index in [4.69, 9.17) is 18.9 Å². The number of carbonyl (C=O) groups is 1. The van der Waals surface area contributed by atoms with Crippen LogP contribution in [0.15, 0.2) is 18.2 Å². The molecule has 2 aliphatic heterocycles. The van der Waals surface area contributed by atoms with E-state index in [0.29, 0.717) is 40.5 Å². The number of fused-ring (bicyclic) bond motifs is 3. The molecule has 0 fully saturated rings. The Morgan fingerprint density at radius 1 is 1.10 bits per heavy atom. The number of hydrogen-bond acceptors (Lipinski definition) is 5. The smallest absolute Gasteiger partial charge is 0.471 e. The SMILES string of the molecule is COc1cc2c3c(c1OC)-c1cc4c(cc1C[C@@H]3N(C(=O)C(F)(F)F)CC2)OCO4. The normalized spacial score (nSPS) is 18.6. The largest absolute Gasteiger partial charge is 0.493 e.